The highest BCUT2D eigenvalue weighted by Crippen LogP contribution is 2.25. The van der Waals surface area contributed by atoms with Crippen molar-refractivity contribution in [2.45, 2.75) is 31.7 Å². The Morgan fingerprint density at radius 3 is 2.80 bits per heavy atom. The van der Waals surface area contributed by atoms with E-state index in [0.29, 0.717) is 11.7 Å². The molecule has 0 bridgehead atoms. The molecule has 0 atom stereocenters. The van der Waals surface area contributed by atoms with Crippen LogP contribution in [0.4, 0.5) is 5.13 Å². The molecular weight excluding hydrogens is 296 g/mol. The van der Waals surface area contributed by atoms with Gasteiger partial charge in [0.15, 0.2) is 5.13 Å². The summed E-state index contributed by atoms with van der Waals surface area (Å²) in [5.41, 5.74) is 1.75. The summed E-state index contributed by atoms with van der Waals surface area (Å²) in [6.07, 6.45) is 2.27. The van der Waals surface area contributed by atoms with Crippen LogP contribution in [-0.2, 0) is 23.0 Å². The molecule has 0 fully saturated rings. The number of aryl methyl sites for hydroxylation is 2. The van der Waals surface area contributed by atoms with Crippen molar-refractivity contribution in [3.8, 4) is 0 Å². The molecule has 0 unspecified atom stereocenters. The van der Waals surface area contributed by atoms with Crippen molar-refractivity contribution in [1.29, 1.82) is 0 Å². The lowest BCUT2D eigenvalue weighted by Crippen LogP contribution is -2.12. The van der Waals surface area contributed by atoms with Gasteiger partial charge in [0.25, 0.3) is 10.0 Å². The fourth-order valence-corrected chi connectivity index (χ4v) is 3.99. The maximum Gasteiger partial charge on any atom is 0.265 e. The van der Waals surface area contributed by atoms with Gasteiger partial charge in [-0.05, 0) is 26.5 Å². The van der Waals surface area contributed by atoms with Crippen molar-refractivity contribution in [3.63, 3.8) is 0 Å². The number of hydrogen-bond donors (Lipinski definition) is 3. The van der Waals surface area contributed by atoms with Crippen LogP contribution in [0.15, 0.2) is 17.2 Å². The first kappa shape index (κ1) is 15.0. The van der Waals surface area contributed by atoms with E-state index in [0.717, 1.165) is 22.7 Å². The van der Waals surface area contributed by atoms with Crippen molar-refractivity contribution in [1.82, 2.24) is 15.3 Å². The largest absolute Gasteiger partial charge is 0.363 e. The number of aromatic nitrogens is 2. The molecule has 0 aliphatic rings. The topological polar surface area (TPSA) is 86.9 Å². The Morgan fingerprint density at radius 1 is 1.45 bits per heavy atom. The molecule has 0 aliphatic carbocycles. The Kier molecular flexibility index (Phi) is 4.46. The van der Waals surface area contributed by atoms with E-state index in [4.69, 9.17) is 0 Å². The van der Waals surface area contributed by atoms with Gasteiger partial charge in [-0.1, -0.05) is 6.92 Å². The smallest absolute Gasteiger partial charge is 0.265 e. The minimum absolute atomic E-state index is 0.216. The first-order valence-electron chi connectivity index (χ1n) is 6.27. The number of sulfonamides is 1. The summed E-state index contributed by atoms with van der Waals surface area (Å²) in [6, 6.07) is 1.61. The number of H-pyrrole nitrogens is 1. The average Bonchev–Trinajstić information content (AvgIpc) is 2.96. The molecule has 0 saturated carbocycles. The maximum atomic E-state index is 12.2. The second kappa shape index (κ2) is 5.94. The zero-order valence-electron chi connectivity index (χ0n) is 11.6. The van der Waals surface area contributed by atoms with Crippen LogP contribution in [0, 0.1) is 6.92 Å². The molecule has 0 aliphatic heterocycles. The number of rotatable bonds is 6. The van der Waals surface area contributed by atoms with Crippen molar-refractivity contribution in [2.75, 3.05) is 11.8 Å². The van der Waals surface area contributed by atoms with Crippen LogP contribution in [-0.4, -0.2) is 25.4 Å². The van der Waals surface area contributed by atoms with E-state index >= 15 is 0 Å². The van der Waals surface area contributed by atoms with Gasteiger partial charge in [-0.3, -0.25) is 4.72 Å². The molecule has 6 nitrogen and oxygen atoms in total. The van der Waals surface area contributed by atoms with Gasteiger partial charge in [-0.2, -0.15) is 0 Å². The zero-order valence-corrected chi connectivity index (χ0v) is 13.3. The van der Waals surface area contributed by atoms with Crippen molar-refractivity contribution < 1.29 is 8.42 Å². The van der Waals surface area contributed by atoms with Crippen LogP contribution in [0.25, 0.3) is 0 Å². The number of aromatic amines is 1. The van der Waals surface area contributed by atoms with Crippen molar-refractivity contribution in [3.05, 3.63) is 28.5 Å². The number of nitrogens with zero attached hydrogens (tertiary/aromatic N) is 1. The highest BCUT2D eigenvalue weighted by Gasteiger charge is 2.18. The van der Waals surface area contributed by atoms with Crippen LogP contribution in [0.5, 0.6) is 0 Å². The summed E-state index contributed by atoms with van der Waals surface area (Å²) >= 11 is 1.35. The second-order valence-electron chi connectivity index (χ2n) is 4.37. The lowest BCUT2D eigenvalue weighted by molar-refractivity contribution is 0.601. The molecule has 2 aromatic heterocycles. The van der Waals surface area contributed by atoms with Crippen LogP contribution in [0.2, 0.25) is 0 Å². The van der Waals surface area contributed by atoms with Gasteiger partial charge in [-0.25, -0.2) is 13.4 Å². The monoisotopic (exact) mass is 314 g/mol. The molecule has 0 amide bonds. The second-order valence-corrected chi connectivity index (χ2v) is 7.26. The molecule has 0 saturated heterocycles. The van der Waals surface area contributed by atoms with Gasteiger partial charge < -0.3 is 10.3 Å². The van der Waals surface area contributed by atoms with E-state index in [-0.39, 0.29) is 4.90 Å². The van der Waals surface area contributed by atoms with Crippen LogP contribution < -0.4 is 10.0 Å². The third-order valence-electron chi connectivity index (χ3n) is 2.84. The summed E-state index contributed by atoms with van der Waals surface area (Å²) < 4.78 is 27.0. The zero-order chi connectivity index (χ0) is 14.8. The van der Waals surface area contributed by atoms with Gasteiger partial charge in [-0.15, -0.1) is 11.3 Å². The van der Waals surface area contributed by atoms with E-state index in [1.807, 2.05) is 13.8 Å². The molecule has 3 N–H and O–H groups in total. The molecule has 2 aromatic rings. The van der Waals surface area contributed by atoms with Gasteiger partial charge in [0, 0.05) is 23.3 Å². The van der Waals surface area contributed by atoms with Gasteiger partial charge in [0.05, 0.1) is 5.69 Å². The Labute approximate surface area is 122 Å². The Balaban J connectivity index is 2.21. The lowest BCUT2D eigenvalue weighted by Gasteiger charge is -2.01. The Morgan fingerprint density at radius 2 is 2.20 bits per heavy atom. The highest BCUT2D eigenvalue weighted by atomic mass is 32.2. The molecule has 20 heavy (non-hydrogen) atoms. The molecule has 0 spiro atoms. The average molecular weight is 314 g/mol. The quantitative estimate of drug-likeness (QED) is 0.759. The molecular formula is C12H18N4O2S2. The van der Waals surface area contributed by atoms with E-state index in [2.05, 4.69) is 20.0 Å². The van der Waals surface area contributed by atoms with E-state index in [1.165, 1.54) is 17.5 Å². The third kappa shape index (κ3) is 3.20. The predicted molar refractivity (Wildman–Crippen MR) is 80.6 cm³/mol. The fourth-order valence-electron chi connectivity index (χ4n) is 1.84. The third-order valence-corrected chi connectivity index (χ3v) is 5.22. The molecule has 110 valence electrons. The normalized spacial score (nSPS) is 11.8. The number of anilines is 1. The summed E-state index contributed by atoms with van der Waals surface area (Å²) in [5, 5.41) is 3.37. The van der Waals surface area contributed by atoms with Crippen molar-refractivity contribution in [2.24, 2.45) is 0 Å². The van der Waals surface area contributed by atoms with Crippen LogP contribution >= 0.6 is 11.3 Å². The Hall–Kier alpha value is -1.38. The molecule has 0 aromatic carbocycles. The summed E-state index contributed by atoms with van der Waals surface area (Å²) in [6.45, 7) is 4.53. The Bertz CT molecular complexity index is 688. The first-order valence-corrected chi connectivity index (χ1v) is 8.57. The highest BCUT2D eigenvalue weighted by molar-refractivity contribution is 7.93. The summed E-state index contributed by atoms with van der Waals surface area (Å²) in [5.74, 6) is 0. The predicted octanol–water partition coefficient (Wildman–Crippen LogP) is 1.86. The minimum atomic E-state index is -3.58. The fraction of sp³-hybridized carbons (Fsp3) is 0.417. The first-order chi connectivity index (χ1) is 9.46. The maximum absolute atomic E-state index is 12.2. The van der Waals surface area contributed by atoms with Gasteiger partial charge >= 0.3 is 0 Å². The van der Waals surface area contributed by atoms with Gasteiger partial charge in [0.2, 0.25) is 0 Å². The number of hydrogen-bond acceptors (Lipinski definition) is 5. The minimum Gasteiger partial charge on any atom is -0.363 e. The summed E-state index contributed by atoms with van der Waals surface area (Å²) in [4.78, 5) is 8.47. The summed E-state index contributed by atoms with van der Waals surface area (Å²) in [7, 11) is -1.78. The number of thiazole rings is 1. The number of nitrogens with one attached hydrogen (secondary N) is 3. The van der Waals surface area contributed by atoms with Crippen molar-refractivity contribution >= 4 is 26.5 Å². The lowest BCUT2D eigenvalue weighted by atomic mass is 10.3. The standard InChI is InChI=1S/C12H18N4O2S2/c1-4-11-8(2)19-12(15-11)16-20(17,18)10-5-9(6-13-3)14-7-10/h5,7,13-14H,4,6H2,1-3H3,(H,15,16). The van der Waals surface area contributed by atoms with E-state index < -0.39 is 10.0 Å². The van der Waals surface area contributed by atoms with E-state index in [9.17, 15) is 8.42 Å². The van der Waals surface area contributed by atoms with Crippen LogP contribution in [0.1, 0.15) is 23.2 Å². The molecule has 2 rings (SSSR count). The van der Waals surface area contributed by atoms with E-state index in [1.54, 1.807) is 13.1 Å². The van der Waals surface area contributed by atoms with Gasteiger partial charge in [0.1, 0.15) is 4.90 Å². The SMILES string of the molecule is CCc1nc(NS(=O)(=O)c2c[nH]c(CNC)c2)sc1C. The van der Waals surface area contributed by atoms with Crippen LogP contribution in [0.3, 0.4) is 0 Å². The molecule has 2 heterocycles. The molecule has 8 heteroatoms. The molecule has 0 radical (unpaired) electrons.